The molecule has 1 atom stereocenters. The minimum absolute atomic E-state index is 0.161. The lowest BCUT2D eigenvalue weighted by Gasteiger charge is -2.31. The standard InChI is InChI=1S/C13H17NO2/c1-11-10-14(7-8-16-11)13(15)9-12-5-3-2-4-6-12/h2-6,11H,7-10H2,1H3/t11-/m0/s1. The van der Waals surface area contributed by atoms with Crippen molar-refractivity contribution in [3.8, 4) is 0 Å². The summed E-state index contributed by atoms with van der Waals surface area (Å²) in [6.45, 7) is 4.09. The minimum atomic E-state index is 0.161. The molecule has 1 aromatic rings. The van der Waals surface area contributed by atoms with Crippen molar-refractivity contribution in [1.29, 1.82) is 0 Å². The number of nitrogens with zero attached hydrogens (tertiary/aromatic N) is 1. The highest BCUT2D eigenvalue weighted by Crippen LogP contribution is 2.08. The van der Waals surface area contributed by atoms with Gasteiger partial charge in [0.05, 0.1) is 19.1 Å². The maximum Gasteiger partial charge on any atom is 0.227 e. The van der Waals surface area contributed by atoms with E-state index in [1.165, 1.54) is 0 Å². The van der Waals surface area contributed by atoms with Crippen LogP contribution in [0.3, 0.4) is 0 Å². The zero-order valence-electron chi connectivity index (χ0n) is 9.56. The van der Waals surface area contributed by atoms with Crippen molar-refractivity contribution in [1.82, 2.24) is 4.90 Å². The Balaban J connectivity index is 1.93. The molecule has 3 heteroatoms. The van der Waals surface area contributed by atoms with Crippen LogP contribution in [0, 0.1) is 0 Å². The molecule has 0 bridgehead atoms. The van der Waals surface area contributed by atoms with Gasteiger partial charge in [-0.05, 0) is 12.5 Å². The van der Waals surface area contributed by atoms with Gasteiger partial charge in [-0.15, -0.1) is 0 Å². The average Bonchev–Trinajstić information content (AvgIpc) is 2.30. The molecule has 0 unspecified atom stereocenters. The van der Waals surface area contributed by atoms with Crippen molar-refractivity contribution in [2.75, 3.05) is 19.7 Å². The molecule has 0 aromatic heterocycles. The number of benzene rings is 1. The maximum atomic E-state index is 12.0. The van der Waals surface area contributed by atoms with Gasteiger partial charge in [-0.2, -0.15) is 0 Å². The maximum absolute atomic E-state index is 12.0. The van der Waals surface area contributed by atoms with Gasteiger partial charge >= 0.3 is 0 Å². The number of hydrogen-bond donors (Lipinski definition) is 0. The van der Waals surface area contributed by atoms with Crippen LogP contribution in [-0.2, 0) is 16.0 Å². The molecule has 1 heterocycles. The molecule has 16 heavy (non-hydrogen) atoms. The van der Waals surface area contributed by atoms with E-state index in [-0.39, 0.29) is 12.0 Å². The normalized spacial score (nSPS) is 20.8. The second-order valence-corrected chi connectivity index (χ2v) is 4.18. The van der Waals surface area contributed by atoms with Crippen LogP contribution < -0.4 is 0 Å². The highest BCUT2D eigenvalue weighted by atomic mass is 16.5. The lowest BCUT2D eigenvalue weighted by molar-refractivity contribution is -0.137. The summed E-state index contributed by atoms with van der Waals surface area (Å²) >= 11 is 0. The van der Waals surface area contributed by atoms with Crippen molar-refractivity contribution in [2.24, 2.45) is 0 Å². The van der Waals surface area contributed by atoms with Crippen LogP contribution in [0.4, 0.5) is 0 Å². The Kier molecular flexibility index (Phi) is 3.57. The fraction of sp³-hybridized carbons (Fsp3) is 0.462. The molecule has 1 amide bonds. The van der Waals surface area contributed by atoms with Gasteiger partial charge in [-0.3, -0.25) is 4.79 Å². The molecule has 0 radical (unpaired) electrons. The molecule has 1 aliphatic rings. The highest BCUT2D eigenvalue weighted by Gasteiger charge is 2.20. The summed E-state index contributed by atoms with van der Waals surface area (Å²) < 4.78 is 5.41. The lowest BCUT2D eigenvalue weighted by Crippen LogP contribution is -2.45. The Morgan fingerprint density at radius 2 is 2.19 bits per heavy atom. The summed E-state index contributed by atoms with van der Waals surface area (Å²) in [5.74, 6) is 0.196. The monoisotopic (exact) mass is 219 g/mol. The fourth-order valence-electron chi connectivity index (χ4n) is 1.93. The minimum Gasteiger partial charge on any atom is -0.375 e. The molecule has 0 spiro atoms. The summed E-state index contributed by atoms with van der Waals surface area (Å²) in [4.78, 5) is 13.9. The predicted octanol–water partition coefficient (Wildman–Crippen LogP) is 1.48. The predicted molar refractivity (Wildman–Crippen MR) is 62.1 cm³/mol. The van der Waals surface area contributed by atoms with Crippen LogP contribution in [-0.4, -0.2) is 36.6 Å². The number of carbonyl (C=O) groups is 1. The van der Waals surface area contributed by atoms with Crippen LogP contribution in [0.5, 0.6) is 0 Å². The van der Waals surface area contributed by atoms with E-state index in [4.69, 9.17) is 4.74 Å². The molecule has 1 aliphatic heterocycles. The first-order valence-corrected chi connectivity index (χ1v) is 5.69. The van der Waals surface area contributed by atoms with E-state index in [1.54, 1.807) is 0 Å². The van der Waals surface area contributed by atoms with Crippen LogP contribution in [0.25, 0.3) is 0 Å². The van der Waals surface area contributed by atoms with Crippen LogP contribution in [0.1, 0.15) is 12.5 Å². The Bertz CT molecular complexity index is 350. The molecular formula is C13H17NO2. The molecule has 0 aliphatic carbocycles. The van der Waals surface area contributed by atoms with E-state index in [9.17, 15) is 4.79 Å². The topological polar surface area (TPSA) is 29.5 Å². The molecule has 86 valence electrons. The third-order valence-corrected chi connectivity index (χ3v) is 2.79. The zero-order chi connectivity index (χ0) is 11.4. The SMILES string of the molecule is C[C@H]1CN(C(=O)Cc2ccccc2)CCO1. The van der Waals surface area contributed by atoms with Crippen LogP contribution in [0.15, 0.2) is 30.3 Å². The summed E-state index contributed by atoms with van der Waals surface area (Å²) in [6, 6.07) is 9.86. The van der Waals surface area contributed by atoms with Gasteiger partial charge in [-0.25, -0.2) is 0 Å². The first kappa shape index (κ1) is 11.1. The second-order valence-electron chi connectivity index (χ2n) is 4.18. The van der Waals surface area contributed by atoms with Gasteiger partial charge in [0.2, 0.25) is 5.91 Å². The Morgan fingerprint density at radius 3 is 2.88 bits per heavy atom. The molecular weight excluding hydrogens is 202 g/mol. The lowest BCUT2D eigenvalue weighted by atomic mass is 10.1. The van der Waals surface area contributed by atoms with E-state index >= 15 is 0 Å². The largest absolute Gasteiger partial charge is 0.375 e. The Morgan fingerprint density at radius 1 is 1.44 bits per heavy atom. The average molecular weight is 219 g/mol. The Labute approximate surface area is 96.0 Å². The summed E-state index contributed by atoms with van der Waals surface area (Å²) in [7, 11) is 0. The number of rotatable bonds is 2. The van der Waals surface area contributed by atoms with Crippen molar-refractivity contribution in [2.45, 2.75) is 19.4 Å². The summed E-state index contributed by atoms with van der Waals surface area (Å²) in [6.07, 6.45) is 0.654. The first-order chi connectivity index (χ1) is 7.75. The molecule has 0 N–H and O–H groups in total. The van der Waals surface area contributed by atoms with Crippen molar-refractivity contribution in [3.05, 3.63) is 35.9 Å². The van der Waals surface area contributed by atoms with E-state index in [1.807, 2.05) is 42.2 Å². The van der Waals surface area contributed by atoms with Gasteiger partial charge in [0.1, 0.15) is 0 Å². The Hall–Kier alpha value is -1.35. The second kappa shape index (κ2) is 5.12. The van der Waals surface area contributed by atoms with Crippen molar-refractivity contribution < 1.29 is 9.53 Å². The smallest absolute Gasteiger partial charge is 0.227 e. The number of hydrogen-bond acceptors (Lipinski definition) is 2. The van der Waals surface area contributed by atoms with E-state index in [0.717, 1.165) is 12.1 Å². The molecule has 1 aromatic carbocycles. The molecule has 2 rings (SSSR count). The van der Waals surface area contributed by atoms with Crippen LogP contribution in [0.2, 0.25) is 0 Å². The first-order valence-electron chi connectivity index (χ1n) is 5.69. The quantitative estimate of drug-likeness (QED) is 0.754. The number of carbonyl (C=O) groups excluding carboxylic acids is 1. The third kappa shape index (κ3) is 2.83. The van der Waals surface area contributed by atoms with E-state index < -0.39 is 0 Å². The van der Waals surface area contributed by atoms with Gasteiger partial charge < -0.3 is 9.64 Å². The fourth-order valence-corrected chi connectivity index (χ4v) is 1.93. The summed E-state index contributed by atoms with van der Waals surface area (Å²) in [5, 5.41) is 0. The van der Waals surface area contributed by atoms with Crippen LogP contribution >= 0.6 is 0 Å². The van der Waals surface area contributed by atoms with Gasteiger partial charge in [0.25, 0.3) is 0 Å². The van der Waals surface area contributed by atoms with Gasteiger partial charge in [0.15, 0.2) is 0 Å². The zero-order valence-corrected chi connectivity index (χ0v) is 9.56. The van der Waals surface area contributed by atoms with Crippen molar-refractivity contribution >= 4 is 5.91 Å². The van der Waals surface area contributed by atoms with Gasteiger partial charge in [-0.1, -0.05) is 30.3 Å². The molecule has 3 nitrogen and oxygen atoms in total. The molecule has 1 saturated heterocycles. The van der Waals surface area contributed by atoms with E-state index in [0.29, 0.717) is 19.6 Å². The number of morpholine rings is 1. The number of ether oxygens (including phenoxy) is 1. The van der Waals surface area contributed by atoms with Gasteiger partial charge in [0, 0.05) is 13.1 Å². The molecule has 0 saturated carbocycles. The summed E-state index contributed by atoms with van der Waals surface area (Å²) in [5.41, 5.74) is 1.08. The molecule has 1 fully saturated rings. The van der Waals surface area contributed by atoms with Crippen molar-refractivity contribution in [3.63, 3.8) is 0 Å². The third-order valence-electron chi connectivity index (χ3n) is 2.79. The number of amides is 1. The van der Waals surface area contributed by atoms with E-state index in [2.05, 4.69) is 0 Å². The highest BCUT2D eigenvalue weighted by molar-refractivity contribution is 5.78.